The molecule has 2 aromatic rings. The van der Waals surface area contributed by atoms with Crippen LogP contribution in [0.5, 0.6) is 0 Å². The number of aliphatic imine (C=N–C) groups is 1. The molecule has 0 saturated heterocycles. The van der Waals surface area contributed by atoms with Crippen molar-refractivity contribution in [2.75, 3.05) is 32.7 Å². The summed E-state index contributed by atoms with van der Waals surface area (Å²) in [4.78, 5) is 211. The van der Waals surface area contributed by atoms with Crippen molar-refractivity contribution in [3.63, 3.8) is 0 Å². The largest absolute Gasteiger partial charge is 0.370 e. The molecule has 37 nitrogen and oxygen atoms in total. The third-order valence-corrected chi connectivity index (χ3v) is 17.3. The van der Waals surface area contributed by atoms with Crippen LogP contribution in [-0.4, -0.2) is 199 Å². The van der Waals surface area contributed by atoms with Crippen molar-refractivity contribution in [1.82, 2.24) is 68.8 Å². The van der Waals surface area contributed by atoms with Crippen LogP contribution in [0.4, 0.5) is 0 Å². The van der Waals surface area contributed by atoms with Crippen LogP contribution in [-0.2, 0) is 78.3 Å². The number of rotatable bonds is 52. The summed E-state index contributed by atoms with van der Waals surface area (Å²) in [7, 11) is 0. The van der Waals surface area contributed by atoms with E-state index < -0.39 is 186 Å². The number of guanidine groups is 1. The first kappa shape index (κ1) is 92.0. The molecule has 12 atom stereocenters. The van der Waals surface area contributed by atoms with Crippen molar-refractivity contribution in [3.8, 4) is 0 Å². The lowest BCUT2D eigenvalue weighted by atomic mass is 9.96. The second kappa shape index (κ2) is 48.1. The number of nitrogens with zero attached hydrogens (tertiary/aromatic N) is 1. The molecule has 2 rings (SSSR count). The fourth-order valence-electron chi connectivity index (χ4n) is 11.2. The number of nitrogens with one attached hydrogen (secondary N) is 13. The van der Waals surface area contributed by atoms with Gasteiger partial charge in [0.05, 0.1) is 13.0 Å². The van der Waals surface area contributed by atoms with Crippen LogP contribution in [0, 0.1) is 23.7 Å². The van der Waals surface area contributed by atoms with E-state index in [0.717, 1.165) is 0 Å². The van der Waals surface area contributed by atoms with E-state index in [9.17, 15) is 71.9 Å². The van der Waals surface area contributed by atoms with Crippen molar-refractivity contribution in [3.05, 3.63) is 36.0 Å². The van der Waals surface area contributed by atoms with Crippen LogP contribution >= 0.6 is 0 Å². The number of fused-ring (bicyclic) bond motifs is 1. The Hall–Kier alpha value is -10.0. The highest BCUT2D eigenvalue weighted by Crippen LogP contribution is 2.21. The molecule has 0 spiro atoms. The van der Waals surface area contributed by atoms with Crippen molar-refractivity contribution in [2.45, 2.75) is 232 Å². The number of aromatic nitrogens is 1. The lowest BCUT2D eigenvalue weighted by Crippen LogP contribution is -2.61. The van der Waals surface area contributed by atoms with Gasteiger partial charge in [0.2, 0.25) is 88.6 Å². The molecule has 0 unspecified atom stereocenters. The van der Waals surface area contributed by atoms with Gasteiger partial charge in [0.1, 0.15) is 66.5 Å². The number of unbranched alkanes of at least 4 members (excludes halogenated alkanes) is 2. The molecule has 0 radical (unpaired) electrons. The number of carbonyl (C=O) groups excluding carboxylic acids is 15. The van der Waals surface area contributed by atoms with Crippen LogP contribution in [0.1, 0.15) is 164 Å². The lowest BCUT2D eigenvalue weighted by molar-refractivity contribution is -0.137. The fraction of sp³-hybridized carbons (Fsp3) is 0.652. The number of aromatic amines is 1. The van der Waals surface area contributed by atoms with Crippen molar-refractivity contribution < 1.29 is 71.9 Å². The number of carbonyl (C=O) groups is 15. The summed E-state index contributed by atoms with van der Waals surface area (Å²) in [5.74, 6) is -14.9. The predicted octanol–water partition coefficient (Wildman–Crippen LogP) is -4.74. The number of benzene rings is 1. The molecule has 594 valence electrons. The minimum atomic E-state index is -1.75. The van der Waals surface area contributed by atoms with Crippen molar-refractivity contribution >= 4 is 105 Å². The Bertz CT molecular complexity index is 3300. The van der Waals surface area contributed by atoms with Gasteiger partial charge in [-0.15, -0.1) is 0 Å². The SMILES string of the molecule is CC[C@H](C)[C@H](NC(=O)[C@H](Cc1c[nH]c2ccccc12)NC(=O)[C@H](CCCN)NC(=O)CNC(=O)[C@H](CC(N)=O)NC(=O)[C@@H](NC(=O)[C@H](CCCCN)NC(=O)[C@@H](NC(=O)[C@H](CC(C)C)NC(=O)[C@H](CCCN=C(N)N)NC(C)=O)C(C)C)C(C)C)C(=O)N[C@@H](CCCCN)C(=O)N[C@@H](CCC(N)=O)C(N)=O. The number of para-hydroxylation sites is 1. The summed E-state index contributed by atoms with van der Waals surface area (Å²) in [5.41, 5.74) is 45.9. The van der Waals surface area contributed by atoms with Crippen LogP contribution in [0.25, 0.3) is 10.9 Å². The molecule has 0 bridgehead atoms. The van der Waals surface area contributed by atoms with E-state index in [0.29, 0.717) is 55.0 Å². The third kappa shape index (κ3) is 33.8. The van der Waals surface area contributed by atoms with Gasteiger partial charge in [-0.1, -0.05) is 80.0 Å². The van der Waals surface area contributed by atoms with Gasteiger partial charge in [-0.05, 0) is 132 Å². The molecule has 37 heteroatoms. The molecule has 29 N–H and O–H groups in total. The molecule has 0 saturated carbocycles. The topological polar surface area (TPSA) is 637 Å². The maximum atomic E-state index is 14.8. The summed E-state index contributed by atoms with van der Waals surface area (Å²) in [5, 5.41) is 32.0. The van der Waals surface area contributed by atoms with E-state index in [4.69, 9.17) is 45.9 Å². The highest BCUT2D eigenvalue weighted by atomic mass is 16.2. The molecule has 1 heterocycles. The first-order chi connectivity index (χ1) is 50.0. The van der Waals surface area contributed by atoms with Gasteiger partial charge in [-0.2, -0.15) is 0 Å². The quantitative estimate of drug-likeness (QED) is 0.0168. The monoisotopic (exact) mass is 1490 g/mol. The molecule has 0 fully saturated rings. The second-order valence-electron chi connectivity index (χ2n) is 27.5. The third-order valence-electron chi connectivity index (χ3n) is 17.3. The Morgan fingerprint density at radius 3 is 1.39 bits per heavy atom. The van der Waals surface area contributed by atoms with E-state index in [-0.39, 0.29) is 95.8 Å². The molecule has 0 aliphatic carbocycles. The highest BCUT2D eigenvalue weighted by Gasteiger charge is 2.38. The predicted molar refractivity (Wildman–Crippen MR) is 396 cm³/mol. The first-order valence-corrected chi connectivity index (χ1v) is 36.1. The summed E-state index contributed by atoms with van der Waals surface area (Å²) >= 11 is 0. The van der Waals surface area contributed by atoms with E-state index in [2.05, 4.69) is 73.8 Å². The van der Waals surface area contributed by atoms with E-state index >= 15 is 0 Å². The molecule has 106 heavy (non-hydrogen) atoms. The van der Waals surface area contributed by atoms with Crippen LogP contribution in [0.2, 0.25) is 0 Å². The average Bonchev–Trinajstić information content (AvgIpc) is 1.62. The number of hydrogen-bond acceptors (Lipinski definition) is 19. The molecule has 15 amide bonds. The maximum absolute atomic E-state index is 14.8. The standard InChI is InChI=1S/C69H118N22O15/c1-10-39(8)57(68(106)85-47(21-13-15-27-70)62(100)83-44(58(75)96)25-26-52(73)93)91-65(103)50(32-41-34-79-43-20-12-11-19-42(41)43)87-61(99)46(23-17-29-72)82-54(95)35-80-59(97)51(33-53(74)94)88-67(105)56(38(6)7)89-63(101)48(22-14-16-28-71)84-66(104)55(37(4)5)90-64(102)49(31-36(2)3)86-60(98)45(81-40(9)92)24-18-30-78-69(76)77/h11-12,19-20,34,36-39,44-51,55-57,79H,10,13-18,21-33,35,70-72H2,1-9H3,(H2,73,93)(H2,74,94)(H2,75,96)(H,80,97)(H,81,92)(H,82,95)(H,83,100)(H,84,104)(H,85,106)(H,86,98)(H,87,99)(H,88,105)(H,89,101)(H,90,102)(H,91,103)(H4,76,77,78)/t39-,44-,45-,46-,47-,48-,49-,50-,51-,55-,56-,57-/m0/s1. The minimum absolute atomic E-state index is 0.00204. The van der Waals surface area contributed by atoms with Gasteiger partial charge in [-0.3, -0.25) is 76.9 Å². The normalized spacial score (nSPS) is 14.6. The summed E-state index contributed by atoms with van der Waals surface area (Å²) in [6, 6.07) is -7.76. The molecule has 0 aliphatic rings. The van der Waals surface area contributed by atoms with Crippen LogP contribution < -0.4 is 110 Å². The Kier molecular flexibility index (Phi) is 41.8. The van der Waals surface area contributed by atoms with Crippen LogP contribution in [0.15, 0.2) is 35.5 Å². The van der Waals surface area contributed by atoms with E-state index in [1.807, 2.05) is 13.8 Å². The van der Waals surface area contributed by atoms with Gasteiger partial charge in [0.25, 0.3) is 0 Å². The van der Waals surface area contributed by atoms with Gasteiger partial charge >= 0.3 is 0 Å². The molecular formula is C69H118N22O15. The minimum Gasteiger partial charge on any atom is -0.370 e. The van der Waals surface area contributed by atoms with Crippen molar-refractivity contribution in [2.24, 2.45) is 74.5 Å². The van der Waals surface area contributed by atoms with Crippen molar-refractivity contribution in [1.29, 1.82) is 0 Å². The van der Waals surface area contributed by atoms with E-state index in [1.54, 1.807) is 72.0 Å². The van der Waals surface area contributed by atoms with Gasteiger partial charge < -0.3 is 115 Å². The lowest BCUT2D eigenvalue weighted by Gasteiger charge is -2.30. The molecular weight excluding hydrogens is 1380 g/mol. The average molecular weight is 1500 g/mol. The Morgan fingerprint density at radius 1 is 0.453 bits per heavy atom. The van der Waals surface area contributed by atoms with Gasteiger partial charge in [0, 0.05) is 43.4 Å². The maximum Gasteiger partial charge on any atom is 0.243 e. The van der Waals surface area contributed by atoms with Crippen LogP contribution in [0.3, 0.4) is 0 Å². The Balaban J connectivity index is 2.43. The zero-order valence-corrected chi connectivity index (χ0v) is 62.6. The molecule has 1 aromatic heterocycles. The number of hydrogen-bond donors (Lipinski definition) is 21. The Labute approximate surface area is 618 Å². The number of primary amides is 3. The van der Waals surface area contributed by atoms with Gasteiger partial charge in [-0.25, -0.2) is 0 Å². The first-order valence-electron chi connectivity index (χ1n) is 36.1. The smallest absolute Gasteiger partial charge is 0.243 e. The summed E-state index contributed by atoms with van der Waals surface area (Å²) < 4.78 is 0. The molecule has 1 aromatic carbocycles. The van der Waals surface area contributed by atoms with E-state index in [1.165, 1.54) is 6.92 Å². The molecule has 0 aliphatic heterocycles. The Morgan fingerprint density at radius 2 is 0.896 bits per heavy atom. The summed E-state index contributed by atoms with van der Waals surface area (Å²) in [6.45, 7) is 14.5. The number of nitrogens with two attached hydrogens (primary N) is 8. The second-order valence-corrected chi connectivity index (χ2v) is 27.5. The zero-order valence-electron chi connectivity index (χ0n) is 62.6. The highest BCUT2D eigenvalue weighted by molar-refractivity contribution is 6.00. The summed E-state index contributed by atoms with van der Waals surface area (Å²) in [6.07, 6.45) is 2.66. The zero-order chi connectivity index (χ0) is 79.9. The number of amides is 15. The fourth-order valence-corrected chi connectivity index (χ4v) is 11.2. The van der Waals surface area contributed by atoms with Gasteiger partial charge in [0.15, 0.2) is 5.96 Å². The number of H-pyrrole nitrogens is 1.